The van der Waals surface area contributed by atoms with Crippen LogP contribution in [0, 0.1) is 0 Å². The fraction of sp³-hybridized carbons (Fsp3) is 0.400. The fourth-order valence-electron chi connectivity index (χ4n) is 2.10. The number of benzene rings is 1. The summed E-state index contributed by atoms with van der Waals surface area (Å²) in [6.07, 6.45) is 1.03. The van der Waals surface area contributed by atoms with Gasteiger partial charge in [-0.1, -0.05) is 24.3 Å². The first-order valence-electron chi connectivity index (χ1n) is 4.80. The molecular formula is C10H13NO3S. The molecule has 0 saturated heterocycles. The topological polar surface area (TPSA) is 80.4 Å². The van der Waals surface area contributed by atoms with Gasteiger partial charge in [-0.15, -0.1) is 0 Å². The van der Waals surface area contributed by atoms with Crippen LogP contribution >= 0.6 is 0 Å². The van der Waals surface area contributed by atoms with E-state index in [-0.39, 0.29) is 0 Å². The zero-order chi connectivity index (χ0) is 11.1. The van der Waals surface area contributed by atoms with E-state index < -0.39 is 21.4 Å². The molecule has 0 fully saturated rings. The van der Waals surface area contributed by atoms with Gasteiger partial charge in [-0.3, -0.25) is 4.55 Å². The van der Waals surface area contributed by atoms with E-state index in [0.29, 0.717) is 12.8 Å². The van der Waals surface area contributed by atoms with Crippen molar-refractivity contribution in [3.8, 4) is 0 Å². The molecule has 0 spiro atoms. The van der Waals surface area contributed by atoms with Crippen molar-refractivity contribution >= 4 is 10.1 Å². The van der Waals surface area contributed by atoms with E-state index in [9.17, 15) is 8.42 Å². The molecule has 0 radical (unpaired) electrons. The van der Waals surface area contributed by atoms with Crippen molar-refractivity contribution in [3.05, 3.63) is 35.4 Å². The lowest BCUT2D eigenvalue weighted by molar-refractivity contribution is 0.438. The van der Waals surface area contributed by atoms with Gasteiger partial charge in [0, 0.05) is 6.04 Å². The Balaban J connectivity index is 2.42. The Morgan fingerprint density at radius 2 is 2.00 bits per heavy atom. The van der Waals surface area contributed by atoms with Crippen molar-refractivity contribution in [2.45, 2.75) is 24.1 Å². The number of nitrogens with two attached hydrogens (primary N) is 1. The van der Waals surface area contributed by atoms with E-state index in [1.54, 1.807) is 0 Å². The van der Waals surface area contributed by atoms with Crippen LogP contribution in [0.4, 0.5) is 0 Å². The highest BCUT2D eigenvalue weighted by atomic mass is 32.2. The Labute approximate surface area is 88.9 Å². The minimum atomic E-state index is -4.04. The average Bonchev–Trinajstić information content (AvgIpc) is 2.16. The molecule has 0 aliphatic heterocycles. The van der Waals surface area contributed by atoms with Crippen LogP contribution in [0.3, 0.4) is 0 Å². The smallest absolute Gasteiger partial charge is 0.269 e. The monoisotopic (exact) mass is 227 g/mol. The van der Waals surface area contributed by atoms with Gasteiger partial charge in [0.25, 0.3) is 10.1 Å². The molecule has 3 N–H and O–H groups in total. The first-order chi connectivity index (χ1) is 7.00. The number of rotatable bonds is 1. The van der Waals surface area contributed by atoms with Gasteiger partial charge in [0.05, 0.1) is 0 Å². The molecule has 4 nitrogen and oxygen atoms in total. The third kappa shape index (κ3) is 1.90. The molecule has 2 unspecified atom stereocenters. The van der Waals surface area contributed by atoms with Crippen LogP contribution in [0.5, 0.6) is 0 Å². The maximum absolute atomic E-state index is 11.1. The molecule has 0 bridgehead atoms. The molecular weight excluding hydrogens is 214 g/mol. The minimum Gasteiger partial charge on any atom is -0.323 e. The predicted octanol–water partition coefficient (Wildman–Crippen LogP) is 0.889. The highest BCUT2D eigenvalue weighted by Crippen LogP contribution is 2.31. The normalized spacial score (nSPS) is 26.0. The van der Waals surface area contributed by atoms with Gasteiger partial charge in [-0.05, 0) is 24.0 Å². The quantitative estimate of drug-likeness (QED) is 0.698. The summed E-state index contributed by atoms with van der Waals surface area (Å²) < 4.78 is 31.2. The van der Waals surface area contributed by atoms with E-state index in [1.807, 2.05) is 24.3 Å². The Bertz CT molecular complexity index is 469. The van der Waals surface area contributed by atoms with Crippen molar-refractivity contribution in [1.82, 2.24) is 0 Å². The molecule has 2 rings (SSSR count). The van der Waals surface area contributed by atoms with E-state index >= 15 is 0 Å². The average molecular weight is 227 g/mol. The third-order valence-corrected chi connectivity index (χ3v) is 4.19. The van der Waals surface area contributed by atoms with Crippen molar-refractivity contribution in [1.29, 1.82) is 0 Å². The van der Waals surface area contributed by atoms with Crippen LogP contribution in [0.1, 0.15) is 23.6 Å². The van der Waals surface area contributed by atoms with Gasteiger partial charge in [0.2, 0.25) is 0 Å². The molecule has 15 heavy (non-hydrogen) atoms. The standard InChI is InChI=1S/C10H13NO3S/c11-10-8-4-2-1-3-7(8)5-6-9(10)15(12,13)14/h1-4,9-10H,5-6,11H2,(H,12,13,14). The summed E-state index contributed by atoms with van der Waals surface area (Å²) in [5.41, 5.74) is 7.74. The summed E-state index contributed by atoms with van der Waals surface area (Å²) in [7, 11) is -4.04. The van der Waals surface area contributed by atoms with E-state index in [0.717, 1.165) is 11.1 Å². The predicted molar refractivity (Wildman–Crippen MR) is 57.0 cm³/mol. The number of fused-ring (bicyclic) bond motifs is 1. The van der Waals surface area contributed by atoms with Crippen molar-refractivity contribution in [2.24, 2.45) is 5.73 Å². The van der Waals surface area contributed by atoms with Crippen LogP contribution in [0.2, 0.25) is 0 Å². The second-order valence-electron chi connectivity index (χ2n) is 3.82. The summed E-state index contributed by atoms with van der Waals surface area (Å²) in [6.45, 7) is 0. The molecule has 1 aromatic rings. The number of hydrogen-bond acceptors (Lipinski definition) is 3. The van der Waals surface area contributed by atoms with Crippen molar-refractivity contribution in [2.75, 3.05) is 0 Å². The molecule has 2 atom stereocenters. The summed E-state index contributed by atoms with van der Waals surface area (Å²) >= 11 is 0. The van der Waals surface area contributed by atoms with Gasteiger partial charge in [0.15, 0.2) is 0 Å². The first-order valence-corrected chi connectivity index (χ1v) is 6.30. The fourth-order valence-corrected chi connectivity index (χ4v) is 3.03. The summed E-state index contributed by atoms with van der Waals surface area (Å²) in [6, 6.07) is 6.86. The summed E-state index contributed by atoms with van der Waals surface area (Å²) in [4.78, 5) is 0. The lowest BCUT2D eigenvalue weighted by Crippen LogP contribution is -2.37. The second kappa shape index (κ2) is 3.59. The van der Waals surface area contributed by atoms with Crippen molar-refractivity contribution in [3.63, 3.8) is 0 Å². The van der Waals surface area contributed by atoms with Crippen LogP contribution in [-0.2, 0) is 16.5 Å². The lowest BCUT2D eigenvalue weighted by atomic mass is 9.88. The van der Waals surface area contributed by atoms with Crippen LogP contribution in [0.15, 0.2) is 24.3 Å². The maximum atomic E-state index is 11.1. The van der Waals surface area contributed by atoms with E-state index in [1.165, 1.54) is 0 Å². The molecule has 1 aliphatic carbocycles. The highest BCUT2D eigenvalue weighted by molar-refractivity contribution is 7.86. The second-order valence-corrected chi connectivity index (χ2v) is 5.45. The van der Waals surface area contributed by atoms with Gasteiger partial charge in [0.1, 0.15) is 5.25 Å². The van der Waals surface area contributed by atoms with Crippen molar-refractivity contribution < 1.29 is 13.0 Å². The van der Waals surface area contributed by atoms with Gasteiger partial charge in [-0.2, -0.15) is 8.42 Å². The third-order valence-electron chi connectivity index (χ3n) is 2.90. The highest BCUT2D eigenvalue weighted by Gasteiger charge is 2.34. The SMILES string of the molecule is NC1c2ccccc2CCC1S(=O)(=O)O. The summed E-state index contributed by atoms with van der Waals surface area (Å²) in [5, 5.41) is -0.868. The summed E-state index contributed by atoms with van der Waals surface area (Å²) in [5.74, 6) is 0. The van der Waals surface area contributed by atoms with E-state index in [4.69, 9.17) is 10.3 Å². The largest absolute Gasteiger partial charge is 0.323 e. The van der Waals surface area contributed by atoms with E-state index in [2.05, 4.69) is 0 Å². The Hall–Kier alpha value is -0.910. The van der Waals surface area contributed by atoms with Gasteiger partial charge < -0.3 is 5.73 Å². The van der Waals surface area contributed by atoms with Gasteiger partial charge in [-0.25, -0.2) is 0 Å². The molecule has 0 saturated carbocycles. The Morgan fingerprint density at radius 1 is 1.33 bits per heavy atom. The molecule has 1 aromatic carbocycles. The van der Waals surface area contributed by atoms with Gasteiger partial charge >= 0.3 is 0 Å². The van der Waals surface area contributed by atoms with Crippen LogP contribution in [-0.4, -0.2) is 18.2 Å². The maximum Gasteiger partial charge on any atom is 0.269 e. The first kappa shape index (κ1) is 10.6. The Morgan fingerprint density at radius 3 is 2.67 bits per heavy atom. The zero-order valence-electron chi connectivity index (χ0n) is 8.13. The molecule has 0 aromatic heterocycles. The zero-order valence-corrected chi connectivity index (χ0v) is 8.94. The molecule has 1 aliphatic rings. The molecule has 5 heteroatoms. The number of aryl methyl sites for hydroxylation is 1. The molecule has 0 amide bonds. The molecule has 82 valence electrons. The Kier molecular flexibility index (Phi) is 2.54. The minimum absolute atomic E-state index is 0.386. The number of hydrogen-bond donors (Lipinski definition) is 2. The van der Waals surface area contributed by atoms with Crippen LogP contribution < -0.4 is 5.73 Å². The lowest BCUT2D eigenvalue weighted by Gasteiger charge is -2.28. The van der Waals surface area contributed by atoms with Crippen LogP contribution in [0.25, 0.3) is 0 Å². The molecule has 0 heterocycles.